The Morgan fingerprint density at radius 2 is 2.00 bits per heavy atom. The molecule has 1 unspecified atom stereocenters. The van der Waals surface area contributed by atoms with Gasteiger partial charge in [-0.2, -0.15) is 5.26 Å². The Hall–Kier alpha value is -1.76. The molecule has 0 heterocycles. The number of ether oxygens (including phenoxy) is 1. The predicted molar refractivity (Wildman–Crippen MR) is 99.5 cm³/mol. The van der Waals surface area contributed by atoms with E-state index < -0.39 is 0 Å². The third kappa shape index (κ3) is 4.86. The number of nitrogens with zero attached hydrogens (tertiary/aromatic N) is 1. The SMILES string of the molecule is CCC(C)Oc1ccc(/C=C(\C#N)c2ccc(Br)cc2)cc1Cl. The largest absolute Gasteiger partial charge is 0.489 e. The summed E-state index contributed by atoms with van der Waals surface area (Å²) in [5.74, 6) is 0.667. The lowest BCUT2D eigenvalue weighted by atomic mass is 10.0. The molecule has 0 radical (unpaired) electrons. The Morgan fingerprint density at radius 1 is 1.30 bits per heavy atom. The fourth-order valence-electron chi connectivity index (χ4n) is 1.98. The molecule has 0 bridgehead atoms. The fourth-order valence-corrected chi connectivity index (χ4v) is 2.48. The van der Waals surface area contributed by atoms with E-state index in [9.17, 15) is 5.26 Å². The normalized spacial score (nSPS) is 12.6. The molecular weight excluding hydrogens is 374 g/mol. The van der Waals surface area contributed by atoms with Crippen molar-refractivity contribution in [1.82, 2.24) is 0 Å². The van der Waals surface area contributed by atoms with Gasteiger partial charge in [0.15, 0.2) is 0 Å². The van der Waals surface area contributed by atoms with E-state index in [-0.39, 0.29) is 6.10 Å². The second kappa shape index (κ2) is 8.19. The molecule has 2 aromatic rings. The lowest BCUT2D eigenvalue weighted by molar-refractivity contribution is 0.217. The molecule has 1 atom stereocenters. The van der Waals surface area contributed by atoms with Crippen molar-refractivity contribution in [2.45, 2.75) is 26.4 Å². The van der Waals surface area contributed by atoms with Crippen LogP contribution < -0.4 is 4.74 Å². The van der Waals surface area contributed by atoms with E-state index in [0.29, 0.717) is 16.3 Å². The van der Waals surface area contributed by atoms with Gasteiger partial charge in [0.25, 0.3) is 0 Å². The van der Waals surface area contributed by atoms with Gasteiger partial charge in [-0.1, -0.05) is 52.7 Å². The molecule has 0 spiro atoms. The maximum atomic E-state index is 9.40. The highest BCUT2D eigenvalue weighted by Gasteiger charge is 2.07. The van der Waals surface area contributed by atoms with Gasteiger partial charge in [0.2, 0.25) is 0 Å². The average Bonchev–Trinajstić information content (AvgIpc) is 2.55. The van der Waals surface area contributed by atoms with E-state index >= 15 is 0 Å². The van der Waals surface area contributed by atoms with Crippen LogP contribution in [0.5, 0.6) is 5.75 Å². The van der Waals surface area contributed by atoms with Gasteiger partial charge < -0.3 is 4.74 Å². The molecule has 0 fully saturated rings. The van der Waals surface area contributed by atoms with E-state index in [1.54, 1.807) is 0 Å². The van der Waals surface area contributed by atoms with Gasteiger partial charge in [-0.25, -0.2) is 0 Å². The van der Waals surface area contributed by atoms with Gasteiger partial charge in [0.05, 0.1) is 22.8 Å². The van der Waals surface area contributed by atoms with Gasteiger partial charge in [-0.15, -0.1) is 0 Å². The first-order chi connectivity index (χ1) is 11.0. The minimum atomic E-state index is 0.117. The van der Waals surface area contributed by atoms with Crippen molar-refractivity contribution in [2.24, 2.45) is 0 Å². The van der Waals surface area contributed by atoms with Gasteiger partial charge in [0.1, 0.15) is 5.75 Å². The molecule has 0 aliphatic rings. The molecule has 0 aliphatic heterocycles. The minimum absolute atomic E-state index is 0.117. The highest BCUT2D eigenvalue weighted by atomic mass is 79.9. The molecule has 0 N–H and O–H groups in total. The minimum Gasteiger partial charge on any atom is -0.489 e. The van der Waals surface area contributed by atoms with Crippen LogP contribution in [0, 0.1) is 11.3 Å². The lowest BCUT2D eigenvalue weighted by Crippen LogP contribution is -2.09. The van der Waals surface area contributed by atoms with Gasteiger partial charge >= 0.3 is 0 Å². The van der Waals surface area contributed by atoms with Crippen molar-refractivity contribution < 1.29 is 4.74 Å². The van der Waals surface area contributed by atoms with Gasteiger partial charge in [0, 0.05) is 4.47 Å². The molecule has 2 nitrogen and oxygen atoms in total. The van der Waals surface area contributed by atoms with Crippen molar-refractivity contribution in [2.75, 3.05) is 0 Å². The highest BCUT2D eigenvalue weighted by molar-refractivity contribution is 9.10. The zero-order valence-electron chi connectivity index (χ0n) is 13.0. The smallest absolute Gasteiger partial charge is 0.138 e. The van der Waals surface area contributed by atoms with Crippen LogP contribution >= 0.6 is 27.5 Å². The number of hydrogen-bond acceptors (Lipinski definition) is 2. The number of rotatable bonds is 5. The maximum Gasteiger partial charge on any atom is 0.138 e. The first-order valence-corrected chi connectivity index (χ1v) is 8.54. The zero-order chi connectivity index (χ0) is 16.8. The van der Waals surface area contributed by atoms with Crippen LogP contribution in [0.2, 0.25) is 5.02 Å². The molecular formula is C19H17BrClNO. The third-order valence-electron chi connectivity index (χ3n) is 3.45. The van der Waals surface area contributed by atoms with E-state index in [1.807, 2.05) is 55.5 Å². The first kappa shape index (κ1) is 17.6. The Balaban J connectivity index is 2.29. The van der Waals surface area contributed by atoms with Crippen molar-refractivity contribution >= 4 is 39.2 Å². The molecule has 23 heavy (non-hydrogen) atoms. The Bertz CT molecular complexity index is 747. The van der Waals surface area contributed by atoms with E-state index in [2.05, 4.69) is 28.9 Å². The molecule has 0 aliphatic carbocycles. The standard InChI is InChI=1S/C19H17BrClNO/c1-3-13(2)23-19-9-4-14(11-18(19)21)10-16(12-22)15-5-7-17(20)8-6-15/h4-11,13H,3H2,1-2H3/b16-10+. The number of nitriles is 1. The summed E-state index contributed by atoms with van der Waals surface area (Å²) in [7, 11) is 0. The van der Waals surface area contributed by atoms with E-state index in [0.717, 1.165) is 22.0 Å². The topological polar surface area (TPSA) is 33.0 Å². The Kier molecular flexibility index (Phi) is 6.27. The summed E-state index contributed by atoms with van der Waals surface area (Å²) in [5, 5.41) is 9.95. The molecule has 2 rings (SSSR count). The highest BCUT2D eigenvalue weighted by Crippen LogP contribution is 2.29. The number of benzene rings is 2. The molecule has 118 valence electrons. The van der Waals surface area contributed by atoms with Crippen LogP contribution in [-0.2, 0) is 0 Å². The molecule has 0 aromatic heterocycles. The summed E-state index contributed by atoms with van der Waals surface area (Å²) in [6.07, 6.45) is 2.86. The summed E-state index contributed by atoms with van der Waals surface area (Å²) >= 11 is 9.67. The van der Waals surface area contributed by atoms with Crippen LogP contribution in [0.15, 0.2) is 46.9 Å². The summed E-state index contributed by atoms with van der Waals surface area (Å²) in [6.45, 7) is 4.07. The van der Waals surface area contributed by atoms with Crippen LogP contribution in [0.25, 0.3) is 11.6 Å². The fraction of sp³-hybridized carbons (Fsp3) is 0.211. The van der Waals surface area contributed by atoms with Crippen molar-refractivity contribution in [3.05, 3.63) is 63.1 Å². The predicted octanol–water partition coefficient (Wildman–Crippen LogP) is 6.34. The maximum absolute atomic E-state index is 9.40. The Morgan fingerprint density at radius 3 is 2.57 bits per heavy atom. The first-order valence-electron chi connectivity index (χ1n) is 7.37. The summed E-state index contributed by atoms with van der Waals surface area (Å²) in [4.78, 5) is 0. The van der Waals surface area contributed by atoms with Crippen molar-refractivity contribution in [3.8, 4) is 11.8 Å². The molecule has 2 aromatic carbocycles. The van der Waals surface area contributed by atoms with Gasteiger partial charge in [-0.3, -0.25) is 0 Å². The zero-order valence-corrected chi connectivity index (χ0v) is 15.4. The van der Waals surface area contributed by atoms with Crippen LogP contribution in [-0.4, -0.2) is 6.10 Å². The summed E-state index contributed by atoms with van der Waals surface area (Å²) < 4.78 is 6.74. The van der Waals surface area contributed by atoms with E-state index in [1.165, 1.54) is 0 Å². The summed E-state index contributed by atoms with van der Waals surface area (Å²) in [6, 6.07) is 15.4. The molecule has 0 saturated carbocycles. The second-order valence-corrected chi connectivity index (χ2v) is 6.53. The lowest BCUT2D eigenvalue weighted by Gasteiger charge is -2.14. The van der Waals surface area contributed by atoms with Gasteiger partial charge in [-0.05, 0) is 54.8 Å². The molecule has 0 saturated heterocycles. The average molecular weight is 391 g/mol. The van der Waals surface area contributed by atoms with E-state index in [4.69, 9.17) is 16.3 Å². The van der Waals surface area contributed by atoms with Crippen LogP contribution in [0.4, 0.5) is 0 Å². The Labute approximate surface area is 150 Å². The number of hydrogen-bond donors (Lipinski definition) is 0. The van der Waals surface area contributed by atoms with Crippen molar-refractivity contribution in [3.63, 3.8) is 0 Å². The molecule has 0 amide bonds. The molecule has 4 heteroatoms. The number of halogens is 2. The van der Waals surface area contributed by atoms with Crippen LogP contribution in [0.1, 0.15) is 31.4 Å². The number of allylic oxidation sites excluding steroid dienone is 1. The quantitative estimate of drug-likeness (QED) is 0.440. The second-order valence-electron chi connectivity index (χ2n) is 5.20. The van der Waals surface area contributed by atoms with Crippen LogP contribution in [0.3, 0.4) is 0 Å². The third-order valence-corrected chi connectivity index (χ3v) is 4.27. The van der Waals surface area contributed by atoms with Crippen molar-refractivity contribution in [1.29, 1.82) is 5.26 Å². The summed E-state index contributed by atoms with van der Waals surface area (Å²) in [5.41, 5.74) is 2.32. The monoisotopic (exact) mass is 389 g/mol.